The minimum Gasteiger partial charge on any atom is -0.493 e. The lowest BCUT2D eigenvalue weighted by Gasteiger charge is -2.29. The molecule has 5 nitrogen and oxygen atoms in total. The number of hydrogen-bond donors (Lipinski definition) is 0. The standard InChI is InChI=1S/C17H19ClN2O3/c1-19-10-13(18)8-14(19)17(21)20-5-4-11-6-15(22-2)16(23-3)7-12(11)9-20/h6-8,10H,4-5,9H2,1-3H3. The van der Waals surface area contributed by atoms with Crippen molar-refractivity contribution in [3.63, 3.8) is 0 Å². The van der Waals surface area contributed by atoms with Gasteiger partial charge >= 0.3 is 0 Å². The molecule has 1 aromatic carbocycles. The molecule has 0 unspecified atom stereocenters. The third kappa shape index (κ3) is 2.88. The molecule has 0 aliphatic carbocycles. The van der Waals surface area contributed by atoms with E-state index < -0.39 is 0 Å². The van der Waals surface area contributed by atoms with E-state index in [9.17, 15) is 4.79 Å². The Bertz CT molecular complexity index is 755. The van der Waals surface area contributed by atoms with Crippen LogP contribution in [0.2, 0.25) is 5.02 Å². The van der Waals surface area contributed by atoms with Crippen LogP contribution in [0.5, 0.6) is 11.5 Å². The van der Waals surface area contributed by atoms with Crippen LogP contribution < -0.4 is 9.47 Å². The summed E-state index contributed by atoms with van der Waals surface area (Å²) in [7, 11) is 5.06. The molecule has 1 aromatic heterocycles. The summed E-state index contributed by atoms with van der Waals surface area (Å²) >= 11 is 5.98. The van der Waals surface area contributed by atoms with Gasteiger partial charge in [0.25, 0.3) is 5.91 Å². The predicted molar refractivity (Wildman–Crippen MR) is 88.4 cm³/mol. The molecule has 23 heavy (non-hydrogen) atoms. The fourth-order valence-electron chi connectivity index (χ4n) is 2.96. The first-order valence-corrected chi connectivity index (χ1v) is 7.76. The summed E-state index contributed by atoms with van der Waals surface area (Å²) in [6.45, 7) is 1.22. The number of aryl methyl sites for hydroxylation is 1. The number of nitrogens with zero attached hydrogens (tertiary/aromatic N) is 2. The van der Waals surface area contributed by atoms with Gasteiger partial charge in [-0.2, -0.15) is 0 Å². The highest BCUT2D eigenvalue weighted by atomic mass is 35.5. The Morgan fingerprint density at radius 2 is 1.78 bits per heavy atom. The Balaban J connectivity index is 1.87. The van der Waals surface area contributed by atoms with Gasteiger partial charge in [0.2, 0.25) is 0 Å². The van der Waals surface area contributed by atoms with Crippen molar-refractivity contribution in [3.8, 4) is 11.5 Å². The fraction of sp³-hybridized carbons (Fsp3) is 0.353. The SMILES string of the molecule is COc1cc2c(cc1OC)CN(C(=O)c1cc(Cl)cn1C)CC2. The van der Waals surface area contributed by atoms with E-state index in [4.69, 9.17) is 21.1 Å². The molecule has 0 N–H and O–H groups in total. The molecule has 2 heterocycles. The van der Waals surface area contributed by atoms with Crippen molar-refractivity contribution in [1.82, 2.24) is 9.47 Å². The second-order valence-corrected chi connectivity index (χ2v) is 6.04. The minimum absolute atomic E-state index is 0.0140. The van der Waals surface area contributed by atoms with Crippen LogP contribution in [0.15, 0.2) is 24.4 Å². The molecule has 122 valence electrons. The van der Waals surface area contributed by atoms with Crippen molar-refractivity contribution in [2.24, 2.45) is 7.05 Å². The Labute approximate surface area is 140 Å². The largest absolute Gasteiger partial charge is 0.493 e. The summed E-state index contributed by atoms with van der Waals surface area (Å²) < 4.78 is 12.5. The van der Waals surface area contributed by atoms with Crippen LogP contribution >= 0.6 is 11.6 Å². The Hall–Kier alpha value is -2.14. The first kappa shape index (κ1) is 15.7. The smallest absolute Gasteiger partial charge is 0.270 e. The van der Waals surface area contributed by atoms with Gasteiger partial charge in [-0.05, 0) is 35.7 Å². The normalized spacial score (nSPS) is 13.7. The number of benzene rings is 1. The topological polar surface area (TPSA) is 43.7 Å². The molecule has 3 rings (SSSR count). The van der Waals surface area contributed by atoms with Crippen molar-refractivity contribution in [2.45, 2.75) is 13.0 Å². The molecule has 0 bridgehead atoms. The number of aromatic nitrogens is 1. The number of carbonyl (C=O) groups excluding carboxylic acids is 1. The number of carbonyl (C=O) groups is 1. The van der Waals surface area contributed by atoms with Gasteiger partial charge in [0.1, 0.15) is 5.69 Å². The maximum absolute atomic E-state index is 12.7. The van der Waals surface area contributed by atoms with Crippen molar-refractivity contribution in [2.75, 3.05) is 20.8 Å². The molecular weight excluding hydrogens is 316 g/mol. The van der Waals surface area contributed by atoms with Crippen LogP contribution in [0, 0.1) is 0 Å². The third-order valence-corrected chi connectivity index (χ3v) is 4.40. The van der Waals surface area contributed by atoms with E-state index in [2.05, 4.69) is 0 Å². The summed E-state index contributed by atoms with van der Waals surface area (Å²) in [6.07, 6.45) is 2.53. The van der Waals surface area contributed by atoms with Crippen molar-refractivity contribution < 1.29 is 14.3 Å². The predicted octanol–water partition coefficient (Wildman–Crippen LogP) is 2.89. The molecule has 6 heteroatoms. The minimum atomic E-state index is -0.0140. The number of halogens is 1. The van der Waals surface area contributed by atoms with E-state index >= 15 is 0 Å². The maximum Gasteiger partial charge on any atom is 0.270 e. The van der Waals surface area contributed by atoms with Gasteiger partial charge in [-0.15, -0.1) is 0 Å². The van der Waals surface area contributed by atoms with E-state index in [1.165, 1.54) is 5.56 Å². The molecule has 0 spiro atoms. The van der Waals surface area contributed by atoms with Gasteiger partial charge < -0.3 is 18.9 Å². The van der Waals surface area contributed by atoms with Crippen LogP contribution in [0.25, 0.3) is 0 Å². The van der Waals surface area contributed by atoms with Crippen LogP contribution in [0.1, 0.15) is 21.6 Å². The third-order valence-electron chi connectivity index (χ3n) is 4.20. The summed E-state index contributed by atoms with van der Waals surface area (Å²) in [4.78, 5) is 14.5. The molecule has 0 radical (unpaired) electrons. The first-order valence-electron chi connectivity index (χ1n) is 7.38. The Morgan fingerprint density at radius 3 is 2.35 bits per heavy atom. The lowest BCUT2D eigenvalue weighted by molar-refractivity contribution is 0.0724. The highest BCUT2D eigenvalue weighted by Gasteiger charge is 2.25. The number of methoxy groups -OCH3 is 2. The molecule has 2 aromatic rings. The molecule has 0 saturated heterocycles. The second-order valence-electron chi connectivity index (χ2n) is 5.61. The van der Waals surface area contributed by atoms with E-state index in [-0.39, 0.29) is 5.91 Å². The van der Waals surface area contributed by atoms with Gasteiger partial charge in [-0.25, -0.2) is 0 Å². The zero-order valence-corrected chi connectivity index (χ0v) is 14.2. The molecule has 1 aliphatic rings. The van der Waals surface area contributed by atoms with Gasteiger partial charge in [0.15, 0.2) is 11.5 Å². The molecule has 0 atom stereocenters. The quantitative estimate of drug-likeness (QED) is 0.867. The number of ether oxygens (including phenoxy) is 2. The summed E-state index contributed by atoms with van der Waals surface area (Å²) in [6, 6.07) is 5.65. The summed E-state index contributed by atoms with van der Waals surface area (Å²) in [5, 5.41) is 0.569. The molecule has 0 fully saturated rings. The van der Waals surface area contributed by atoms with Gasteiger partial charge in [-0.3, -0.25) is 4.79 Å². The van der Waals surface area contributed by atoms with E-state index in [1.54, 1.807) is 31.0 Å². The van der Waals surface area contributed by atoms with Crippen LogP contribution in [-0.4, -0.2) is 36.1 Å². The first-order chi connectivity index (χ1) is 11.0. The summed E-state index contributed by atoms with van der Waals surface area (Å²) in [5.41, 5.74) is 2.87. The highest BCUT2D eigenvalue weighted by molar-refractivity contribution is 6.31. The van der Waals surface area contributed by atoms with Crippen LogP contribution in [0.3, 0.4) is 0 Å². The second kappa shape index (κ2) is 6.16. The van der Waals surface area contributed by atoms with Gasteiger partial charge in [-0.1, -0.05) is 11.6 Å². The summed E-state index contributed by atoms with van der Waals surface area (Å²) in [5.74, 6) is 1.39. The Morgan fingerprint density at radius 1 is 1.13 bits per heavy atom. The van der Waals surface area contributed by atoms with Crippen LogP contribution in [-0.2, 0) is 20.0 Å². The lowest BCUT2D eigenvalue weighted by atomic mass is 9.98. The molecule has 1 amide bonds. The zero-order valence-electron chi connectivity index (χ0n) is 13.4. The molecule has 1 aliphatic heterocycles. The fourth-order valence-corrected chi connectivity index (χ4v) is 3.21. The number of amides is 1. The van der Waals surface area contributed by atoms with Gasteiger partial charge in [0, 0.05) is 26.3 Å². The van der Waals surface area contributed by atoms with Crippen molar-refractivity contribution >= 4 is 17.5 Å². The highest BCUT2D eigenvalue weighted by Crippen LogP contribution is 2.33. The molecule has 0 saturated carbocycles. The average molecular weight is 335 g/mol. The molecular formula is C17H19ClN2O3. The average Bonchev–Trinajstić information content (AvgIpc) is 2.90. The zero-order chi connectivity index (χ0) is 16.6. The van der Waals surface area contributed by atoms with E-state index in [0.717, 1.165) is 17.7 Å². The number of rotatable bonds is 3. The van der Waals surface area contributed by atoms with Gasteiger partial charge in [0.05, 0.1) is 19.2 Å². The number of hydrogen-bond acceptors (Lipinski definition) is 3. The monoisotopic (exact) mass is 334 g/mol. The van der Waals surface area contributed by atoms with Crippen LogP contribution in [0.4, 0.5) is 0 Å². The number of fused-ring (bicyclic) bond motifs is 1. The Kier molecular flexibility index (Phi) is 4.22. The lowest BCUT2D eigenvalue weighted by Crippen LogP contribution is -2.36. The van der Waals surface area contributed by atoms with E-state index in [1.807, 2.05) is 24.1 Å². The van der Waals surface area contributed by atoms with Crippen molar-refractivity contribution in [3.05, 3.63) is 46.2 Å². The van der Waals surface area contributed by atoms with Crippen molar-refractivity contribution in [1.29, 1.82) is 0 Å². The maximum atomic E-state index is 12.7. The van der Waals surface area contributed by atoms with E-state index in [0.29, 0.717) is 29.6 Å².